The maximum atomic E-state index is 8.56. The lowest BCUT2D eigenvalue weighted by molar-refractivity contribution is 0.0851. The van der Waals surface area contributed by atoms with Gasteiger partial charge in [0.05, 0.1) is 25.4 Å². The molecule has 0 radical (unpaired) electrons. The van der Waals surface area contributed by atoms with E-state index in [-0.39, 0.29) is 18.8 Å². The van der Waals surface area contributed by atoms with E-state index >= 15 is 0 Å². The first-order chi connectivity index (χ1) is 4.34. The maximum absolute atomic E-state index is 8.56. The van der Waals surface area contributed by atoms with Gasteiger partial charge in [0, 0.05) is 0 Å². The average Bonchev–Trinajstić information content (AvgIpc) is 2.37. The summed E-state index contributed by atoms with van der Waals surface area (Å²) in [6.07, 6.45) is 3.70. The summed E-state index contributed by atoms with van der Waals surface area (Å²) in [5, 5.41) is 8.56. The van der Waals surface area contributed by atoms with E-state index in [1.54, 1.807) is 0 Å². The number of aliphatic hydroxyl groups excluding tert-OH is 1. The van der Waals surface area contributed by atoms with Crippen molar-refractivity contribution in [3.63, 3.8) is 0 Å². The molecular weight excluding hydrogens is 118 g/mol. The number of hydrogen-bond donors (Lipinski definition) is 2. The molecule has 9 heavy (non-hydrogen) atoms. The van der Waals surface area contributed by atoms with Crippen LogP contribution < -0.4 is 5.73 Å². The van der Waals surface area contributed by atoms with Crippen LogP contribution in [-0.4, -0.2) is 30.5 Å². The standard InChI is InChI=1S/C6H11NO2/c7-5(4-8)6-2-1-3-9-6/h1-2,5-6,8H,3-4,7H2/t5?,6-/m0/s1. The molecule has 1 rings (SSSR count). The van der Waals surface area contributed by atoms with Gasteiger partial charge in [0.15, 0.2) is 0 Å². The van der Waals surface area contributed by atoms with E-state index in [1.807, 2.05) is 12.2 Å². The van der Waals surface area contributed by atoms with Crippen LogP contribution >= 0.6 is 0 Å². The van der Waals surface area contributed by atoms with E-state index in [0.717, 1.165) is 0 Å². The third kappa shape index (κ3) is 1.51. The number of nitrogens with two attached hydrogens (primary N) is 1. The SMILES string of the molecule is NC(CO)[C@@H]1C=CCO1. The molecule has 1 aliphatic heterocycles. The van der Waals surface area contributed by atoms with Gasteiger partial charge in [-0.3, -0.25) is 0 Å². The molecular formula is C6H11NO2. The Kier molecular flexibility index (Phi) is 2.22. The number of aliphatic hydroxyl groups is 1. The highest BCUT2D eigenvalue weighted by molar-refractivity contribution is 5.00. The maximum Gasteiger partial charge on any atom is 0.0934 e. The van der Waals surface area contributed by atoms with Gasteiger partial charge < -0.3 is 15.6 Å². The first kappa shape index (κ1) is 6.74. The van der Waals surface area contributed by atoms with Gasteiger partial charge in [-0.05, 0) is 0 Å². The van der Waals surface area contributed by atoms with Crippen molar-refractivity contribution in [3.05, 3.63) is 12.2 Å². The molecule has 3 nitrogen and oxygen atoms in total. The van der Waals surface area contributed by atoms with E-state index in [0.29, 0.717) is 6.61 Å². The summed E-state index contributed by atoms with van der Waals surface area (Å²) < 4.78 is 5.11. The van der Waals surface area contributed by atoms with Crippen molar-refractivity contribution in [3.8, 4) is 0 Å². The molecule has 0 aliphatic carbocycles. The number of ether oxygens (including phenoxy) is 1. The fourth-order valence-electron chi connectivity index (χ4n) is 0.782. The Hall–Kier alpha value is -0.380. The highest BCUT2D eigenvalue weighted by atomic mass is 16.5. The zero-order valence-electron chi connectivity index (χ0n) is 5.16. The number of rotatable bonds is 2. The van der Waals surface area contributed by atoms with Gasteiger partial charge in [0.25, 0.3) is 0 Å². The van der Waals surface area contributed by atoms with Gasteiger partial charge in [-0.15, -0.1) is 0 Å². The molecule has 0 fully saturated rings. The van der Waals surface area contributed by atoms with Crippen molar-refractivity contribution in [1.29, 1.82) is 0 Å². The van der Waals surface area contributed by atoms with Crippen LogP contribution in [0.3, 0.4) is 0 Å². The Labute approximate surface area is 54.1 Å². The van der Waals surface area contributed by atoms with Crippen molar-refractivity contribution in [2.24, 2.45) is 5.73 Å². The largest absolute Gasteiger partial charge is 0.395 e. The van der Waals surface area contributed by atoms with E-state index < -0.39 is 0 Å². The minimum atomic E-state index is -0.260. The first-order valence-corrected chi connectivity index (χ1v) is 2.99. The summed E-state index contributed by atoms with van der Waals surface area (Å²) in [5.74, 6) is 0. The van der Waals surface area contributed by atoms with Crippen LogP contribution in [0.4, 0.5) is 0 Å². The summed E-state index contributed by atoms with van der Waals surface area (Å²) >= 11 is 0. The molecule has 0 amide bonds. The van der Waals surface area contributed by atoms with E-state index in [2.05, 4.69) is 0 Å². The van der Waals surface area contributed by atoms with Crippen LogP contribution in [0.15, 0.2) is 12.2 Å². The summed E-state index contributed by atoms with van der Waals surface area (Å²) in [6.45, 7) is 0.605. The van der Waals surface area contributed by atoms with Gasteiger partial charge in [0.2, 0.25) is 0 Å². The Morgan fingerprint density at radius 3 is 3.11 bits per heavy atom. The second-order valence-corrected chi connectivity index (χ2v) is 2.07. The summed E-state index contributed by atoms with van der Waals surface area (Å²) in [7, 11) is 0. The van der Waals surface area contributed by atoms with Crippen molar-refractivity contribution < 1.29 is 9.84 Å². The first-order valence-electron chi connectivity index (χ1n) is 2.99. The third-order valence-electron chi connectivity index (χ3n) is 1.34. The summed E-state index contributed by atoms with van der Waals surface area (Å²) in [5.41, 5.74) is 5.45. The smallest absolute Gasteiger partial charge is 0.0934 e. The van der Waals surface area contributed by atoms with Crippen LogP contribution in [0.25, 0.3) is 0 Å². The van der Waals surface area contributed by atoms with Crippen molar-refractivity contribution in [2.75, 3.05) is 13.2 Å². The second-order valence-electron chi connectivity index (χ2n) is 2.07. The predicted octanol–water partition coefficient (Wildman–Crippen LogP) is -0.739. The highest BCUT2D eigenvalue weighted by Crippen LogP contribution is 2.05. The van der Waals surface area contributed by atoms with Crippen LogP contribution in [-0.2, 0) is 4.74 Å². The van der Waals surface area contributed by atoms with Gasteiger partial charge in [-0.25, -0.2) is 0 Å². The molecule has 0 saturated carbocycles. The third-order valence-corrected chi connectivity index (χ3v) is 1.34. The molecule has 52 valence electrons. The molecule has 1 unspecified atom stereocenters. The van der Waals surface area contributed by atoms with Crippen molar-refractivity contribution in [1.82, 2.24) is 0 Å². The van der Waals surface area contributed by atoms with Crippen LogP contribution in [0.2, 0.25) is 0 Å². The Morgan fingerprint density at radius 1 is 1.89 bits per heavy atom. The van der Waals surface area contributed by atoms with Crippen LogP contribution in [0.5, 0.6) is 0 Å². The van der Waals surface area contributed by atoms with Gasteiger partial charge in [-0.2, -0.15) is 0 Å². The zero-order chi connectivity index (χ0) is 6.69. The van der Waals surface area contributed by atoms with E-state index in [1.165, 1.54) is 0 Å². The van der Waals surface area contributed by atoms with Gasteiger partial charge in [0.1, 0.15) is 0 Å². The van der Waals surface area contributed by atoms with Crippen LogP contribution in [0.1, 0.15) is 0 Å². The van der Waals surface area contributed by atoms with E-state index in [4.69, 9.17) is 15.6 Å². The molecule has 0 bridgehead atoms. The molecule has 2 atom stereocenters. The Bertz CT molecular complexity index is 114. The molecule has 1 heterocycles. The normalized spacial score (nSPS) is 28.9. The molecule has 0 spiro atoms. The lowest BCUT2D eigenvalue weighted by Gasteiger charge is -2.13. The predicted molar refractivity (Wildman–Crippen MR) is 33.9 cm³/mol. The molecule has 0 aromatic heterocycles. The lowest BCUT2D eigenvalue weighted by Crippen LogP contribution is -2.36. The monoisotopic (exact) mass is 129 g/mol. The molecule has 1 aliphatic rings. The Morgan fingerprint density at radius 2 is 2.67 bits per heavy atom. The summed E-state index contributed by atoms with van der Waals surface area (Å²) in [6, 6.07) is -0.260. The number of hydrogen-bond acceptors (Lipinski definition) is 3. The van der Waals surface area contributed by atoms with Crippen LogP contribution in [0, 0.1) is 0 Å². The second kappa shape index (κ2) is 2.96. The fourth-order valence-corrected chi connectivity index (χ4v) is 0.782. The average molecular weight is 129 g/mol. The molecule has 0 aromatic rings. The minimum absolute atomic E-state index is 0.0188. The van der Waals surface area contributed by atoms with Gasteiger partial charge >= 0.3 is 0 Å². The quantitative estimate of drug-likeness (QED) is 0.483. The molecule has 3 heteroatoms. The molecule has 0 aromatic carbocycles. The minimum Gasteiger partial charge on any atom is -0.395 e. The highest BCUT2D eigenvalue weighted by Gasteiger charge is 2.16. The zero-order valence-corrected chi connectivity index (χ0v) is 5.16. The molecule has 3 N–H and O–H groups in total. The van der Waals surface area contributed by atoms with E-state index in [9.17, 15) is 0 Å². The topological polar surface area (TPSA) is 55.5 Å². The fraction of sp³-hybridized carbons (Fsp3) is 0.667. The van der Waals surface area contributed by atoms with Gasteiger partial charge in [-0.1, -0.05) is 12.2 Å². The lowest BCUT2D eigenvalue weighted by atomic mass is 10.2. The van der Waals surface area contributed by atoms with Crippen molar-refractivity contribution in [2.45, 2.75) is 12.1 Å². The van der Waals surface area contributed by atoms with Crippen molar-refractivity contribution >= 4 is 0 Å². The molecule has 0 saturated heterocycles. The summed E-state index contributed by atoms with van der Waals surface area (Å²) in [4.78, 5) is 0. The Balaban J connectivity index is 2.33.